The van der Waals surface area contributed by atoms with Crippen molar-refractivity contribution in [3.05, 3.63) is 130 Å². The molecule has 254 valence electrons. The fraction of sp³-hybridized carbons (Fsp3) is 0.289. The molecule has 0 saturated carbocycles. The maximum atomic E-state index is 6.72. The van der Waals surface area contributed by atoms with Gasteiger partial charge in [0.2, 0.25) is 0 Å². The van der Waals surface area contributed by atoms with E-state index in [1.807, 2.05) is 12.3 Å². The summed E-state index contributed by atoms with van der Waals surface area (Å²) in [4.78, 5) is 4.76. The Kier molecular flexibility index (Phi) is 9.33. The Hall–Kier alpha value is -5.16. The van der Waals surface area contributed by atoms with Crippen LogP contribution < -0.4 is 4.74 Å². The zero-order valence-corrected chi connectivity index (χ0v) is 30.6. The van der Waals surface area contributed by atoms with Gasteiger partial charge in [-0.05, 0) is 131 Å². The fourth-order valence-electron chi connectivity index (χ4n) is 7.62. The van der Waals surface area contributed by atoms with Gasteiger partial charge >= 0.3 is 0 Å². The molecular weight excluding hydrogens is 613 g/mol. The lowest BCUT2D eigenvalue weighted by Crippen LogP contribution is -2.05. The van der Waals surface area contributed by atoms with E-state index in [9.17, 15) is 0 Å². The molecule has 0 unspecified atom stereocenters. The number of hydrogen-bond donors (Lipinski definition) is 0. The van der Waals surface area contributed by atoms with Crippen LogP contribution in [0.5, 0.6) is 11.5 Å². The van der Waals surface area contributed by atoms with Crippen LogP contribution in [0.1, 0.15) is 78.7 Å². The first kappa shape index (κ1) is 33.3. The first-order valence-corrected chi connectivity index (χ1v) is 18.2. The van der Waals surface area contributed by atoms with Crippen LogP contribution >= 0.6 is 0 Å². The summed E-state index contributed by atoms with van der Waals surface area (Å²) in [6, 6.07) is 30.2. The number of hydrogen-bond acceptors (Lipinski definition) is 3. The lowest BCUT2D eigenvalue weighted by Gasteiger charge is -2.16. The molecule has 4 aromatic carbocycles. The third-order valence-electron chi connectivity index (χ3n) is 9.81. The van der Waals surface area contributed by atoms with Gasteiger partial charge in [0.1, 0.15) is 17.3 Å². The van der Waals surface area contributed by atoms with E-state index < -0.39 is 0 Å². The SMILES string of the molecule is CCCCc1nn(-c2cc(C)cc(Oc3ccc4c5ccccc5n(-c5cc(C)ccn5)c4c3)c2)c(CCCC)c1-c1c(C)cc(C)cc1C. The van der Waals surface area contributed by atoms with Gasteiger partial charge in [-0.3, -0.25) is 4.57 Å². The van der Waals surface area contributed by atoms with Crippen LogP contribution in [0.15, 0.2) is 91.1 Å². The third kappa shape index (κ3) is 6.33. The largest absolute Gasteiger partial charge is 0.457 e. The van der Waals surface area contributed by atoms with E-state index >= 15 is 0 Å². The van der Waals surface area contributed by atoms with Gasteiger partial charge < -0.3 is 4.74 Å². The molecule has 5 heteroatoms. The molecule has 0 aliphatic carbocycles. The van der Waals surface area contributed by atoms with Crippen molar-refractivity contribution < 1.29 is 4.74 Å². The van der Waals surface area contributed by atoms with Gasteiger partial charge in [0.15, 0.2) is 0 Å². The highest BCUT2D eigenvalue weighted by Crippen LogP contribution is 2.39. The predicted molar refractivity (Wildman–Crippen MR) is 209 cm³/mol. The Balaban J connectivity index is 1.35. The van der Waals surface area contributed by atoms with Gasteiger partial charge in [0, 0.05) is 34.7 Å². The monoisotopic (exact) mass is 660 g/mol. The molecule has 7 rings (SSSR count). The van der Waals surface area contributed by atoms with Gasteiger partial charge in [0.05, 0.1) is 28.1 Å². The third-order valence-corrected chi connectivity index (χ3v) is 9.81. The standard InChI is InChI=1S/C45H48N4O/c1-8-10-15-39-45(44-32(6)22-30(4)23-33(44)7)41(16-11-9-2)49(47-39)34-24-31(5)25-36(27-34)50-35-18-19-38-37-14-12-13-17-40(37)48(42(38)28-35)43-26-29(3)20-21-46-43/h12-14,17-28H,8-11,15-16H2,1-7H3. The van der Waals surface area contributed by atoms with Crippen LogP contribution in [0.3, 0.4) is 0 Å². The maximum absolute atomic E-state index is 6.72. The van der Waals surface area contributed by atoms with E-state index in [2.05, 4.69) is 137 Å². The van der Waals surface area contributed by atoms with Crippen LogP contribution in [0.4, 0.5) is 0 Å². The number of ether oxygens (including phenoxy) is 1. The second-order valence-corrected chi connectivity index (χ2v) is 14.0. The fourth-order valence-corrected chi connectivity index (χ4v) is 7.62. The van der Waals surface area contributed by atoms with Gasteiger partial charge in [-0.25, -0.2) is 9.67 Å². The number of rotatable bonds is 11. The van der Waals surface area contributed by atoms with Gasteiger partial charge in [0.25, 0.3) is 0 Å². The summed E-state index contributed by atoms with van der Waals surface area (Å²) in [7, 11) is 0. The van der Waals surface area contributed by atoms with Crippen molar-refractivity contribution in [2.24, 2.45) is 0 Å². The normalized spacial score (nSPS) is 11.6. The van der Waals surface area contributed by atoms with Gasteiger partial charge in [-0.2, -0.15) is 5.10 Å². The second-order valence-electron chi connectivity index (χ2n) is 14.0. The Bertz CT molecular complexity index is 2320. The molecule has 0 aliphatic rings. The minimum atomic E-state index is 0.785. The molecule has 0 spiro atoms. The number of benzene rings is 4. The Morgan fingerprint density at radius 2 is 1.34 bits per heavy atom. The van der Waals surface area contributed by atoms with E-state index in [0.717, 1.165) is 78.1 Å². The summed E-state index contributed by atoms with van der Waals surface area (Å²) >= 11 is 0. The number of unbranched alkanes of at least 4 members (excludes halogenated alkanes) is 2. The molecule has 0 N–H and O–H groups in total. The summed E-state index contributed by atoms with van der Waals surface area (Å²) in [6.07, 6.45) is 8.29. The molecular formula is C45H48N4O. The van der Waals surface area contributed by atoms with E-state index in [4.69, 9.17) is 14.8 Å². The molecule has 3 aromatic heterocycles. The van der Waals surface area contributed by atoms with Crippen molar-refractivity contribution in [3.8, 4) is 34.1 Å². The smallest absolute Gasteiger partial charge is 0.137 e. The van der Waals surface area contributed by atoms with Crippen LogP contribution in [-0.4, -0.2) is 19.3 Å². The molecule has 0 fully saturated rings. The highest BCUT2D eigenvalue weighted by atomic mass is 16.5. The lowest BCUT2D eigenvalue weighted by molar-refractivity contribution is 0.482. The highest BCUT2D eigenvalue weighted by Gasteiger charge is 2.23. The Labute approximate surface area is 296 Å². The molecule has 0 bridgehead atoms. The number of aromatic nitrogens is 4. The quantitative estimate of drug-likeness (QED) is 0.139. The number of para-hydroxylation sites is 1. The highest BCUT2D eigenvalue weighted by molar-refractivity contribution is 6.09. The molecule has 3 heterocycles. The summed E-state index contributed by atoms with van der Waals surface area (Å²) in [5.41, 5.74) is 14.6. The van der Waals surface area contributed by atoms with E-state index in [1.54, 1.807) is 0 Å². The summed E-state index contributed by atoms with van der Waals surface area (Å²) < 4.78 is 11.2. The average Bonchev–Trinajstić information content (AvgIpc) is 3.60. The molecule has 0 aliphatic heterocycles. The number of pyridine rings is 1. The van der Waals surface area contributed by atoms with Crippen molar-refractivity contribution in [2.75, 3.05) is 0 Å². The predicted octanol–water partition coefficient (Wildman–Crippen LogP) is 12.1. The number of fused-ring (bicyclic) bond motifs is 3. The van der Waals surface area contributed by atoms with Crippen LogP contribution in [-0.2, 0) is 12.8 Å². The van der Waals surface area contributed by atoms with Gasteiger partial charge in [-0.15, -0.1) is 0 Å². The molecule has 5 nitrogen and oxygen atoms in total. The minimum absolute atomic E-state index is 0.785. The van der Waals surface area contributed by atoms with Crippen molar-refractivity contribution in [1.29, 1.82) is 0 Å². The average molecular weight is 661 g/mol. The van der Waals surface area contributed by atoms with Crippen molar-refractivity contribution >= 4 is 21.8 Å². The van der Waals surface area contributed by atoms with Crippen LogP contribution in [0, 0.1) is 34.6 Å². The van der Waals surface area contributed by atoms with E-state index in [-0.39, 0.29) is 0 Å². The second kappa shape index (κ2) is 14.0. The summed E-state index contributed by atoms with van der Waals surface area (Å²) in [6.45, 7) is 15.5. The van der Waals surface area contributed by atoms with Crippen molar-refractivity contribution in [1.82, 2.24) is 19.3 Å². The van der Waals surface area contributed by atoms with Crippen LogP contribution in [0.2, 0.25) is 0 Å². The zero-order valence-electron chi connectivity index (χ0n) is 30.6. The first-order valence-electron chi connectivity index (χ1n) is 18.2. The summed E-state index contributed by atoms with van der Waals surface area (Å²) in [5.74, 6) is 2.48. The van der Waals surface area contributed by atoms with Gasteiger partial charge in [-0.1, -0.05) is 62.6 Å². The molecule has 7 aromatic rings. The first-order chi connectivity index (χ1) is 24.2. The molecule has 50 heavy (non-hydrogen) atoms. The minimum Gasteiger partial charge on any atom is -0.457 e. The molecule has 0 radical (unpaired) electrons. The number of nitrogens with zero attached hydrogens (tertiary/aromatic N) is 4. The van der Waals surface area contributed by atoms with Crippen molar-refractivity contribution in [2.45, 2.75) is 87.0 Å². The molecule has 0 atom stereocenters. The summed E-state index contributed by atoms with van der Waals surface area (Å²) in [5, 5.41) is 7.78. The molecule has 0 saturated heterocycles. The lowest BCUT2D eigenvalue weighted by atomic mass is 9.90. The Morgan fingerprint density at radius 3 is 2.10 bits per heavy atom. The van der Waals surface area contributed by atoms with Crippen molar-refractivity contribution in [3.63, 3.8) is 0 Å². The van der Waals surface area contributed by atoms with Crippen LogP contribution in [0.25, 0.3) is 44.4 Å². The topological polar surface area (TPSA) is 44.9 Å². The zero-order chi connectivity index (χ0) is 34.9. The Morgan fingerprint density at radius 1 is 0.620 bits per heavy atom. The van der Waals surface area contributed by atoms with E-state index in [0.29, 0.717) is 0 Å². The molecule has 0 amide bonds. The number of aryl methyl sites for hydroxylation is 6. The van der Waals surface area contributed by atoms with E-state index in [1.165, 1.54) is 55.5 Å². The maximum Gasteiger partial charge on any atom is 0.137 e.